The molecule has 0 unspecified atom stereocenters. The molecule has 1 amide bonds. The van der Waals surface area contributed by atoms with Crippen LogP contribution in [0.25, 0.3) is 0 Å². The number of rotatable bonds is 7. The molecule has 2 aromatic carbocycles. The Morgan fingerprint density at radius 1 is 1.03 bits per heavy atom. The molecule has 0 saturated carbocycles. The molecule has 1 saturated heterocycles. The molecule has 8 heteroatoms. The number of amides is 1. The number of carbonyl (C=O) groups excluding carboxylic acids is 1. The first-order valence-corrected chi connectivity index (χ1v) is 10.1. The van der Waals surface area contributed by atoms with E-state index in [0.29, 0.717) is 35.5 Å². The number of primary amides is 1. The third-order valence-corrected chi connectivity index (χ3v) is 5.08. The molecule has 1 fully saturated rings. The van der Waals surface area contributed by atoms with Crippen LogP contribution >= 0.6 is 0 Å². The molecule has 31 heavy (non-hydrogen) atoms. The van der Waals surface area contributed by atoms with Crippen LogP contribution in [-0.2, 0) is 6.61 Å². The van der Waals surface area contributed by atoms with Gasteiger partial charge in [0.15, 0.2) is 0 Å². The topological polar surface area (TPSA) is 93.8 Å². The summed E-state index contributed by atoms with van der Waals surface area (Å²) in [5.74, 6) is 1.43. The van der Waals surface area contributed by atoms with Gasteiger partial charge in [-0.2, -0.15) is 4.98 Å². The summed E-state index contributed by atoms with van der Waals surface area (Å²) in [6.07, 6.45) is 1.63. The molecule has 8 nitrogen and oxygen atoms in total. The van der Waals surface area contributed by atoms with E-state index in [-0.39, 0.29) is 0 Å². The number of carbonyl (C=O) groups is 1. The van der Waals surface area contributed by atoms with Crippen molar-refractivity contribution in [3.63, 3.8) is 0 Å². The lowest BCUT2D eigenvalue weighted by atomic mass is 10.2. The molecule has 2 heterocycles. The number of hydrogen-bond acceptors (Lipinski definition) is 7. The van der Waals surface area contributed by atoms with Crippen LogP contribution in [0.1, 0.15) is 15.9 Å². The van der Waals surface area contributed by atoms with Crippen LogP contribution in [0.15, 0.2) is 60.8 Å². The smallest absolute Gasteiger partial charge is 0.263 e. The zero-order chi connectivity index (χ0) is 21.6. The van der Waals surface area contributed by atoms with Crippen LogP contribution < -0.4 is 20.1 Å². The summed E-state index contributed by atoms with van der Waals surface area (Å²) in [6.45, 7) is 3.96. The molecule has 0 radical (unpaired) electrons. The third kappa shape index (κ3) is 5.29. The van der Waals surface area contributed by atoms with Gasteiger partial charge in [0.05, 0.1) is 6.20 Å². The van der Waals surface area contributed by atoms with Gasteiger partial charge in [0, 0.05) is 31.7 Å². The maximum absolute atomic E-state index is 11.3. The van der Waals surface area contributed by atoms with E-state index < -0.39 is 5.91 Å². The summed E-state index contributed by atoms with van der Waals surface area (Å²) < 4.78 is 12.0. The predicted octanol–water partition coefficient (Wildman–Crippen LogP) is 2.70. The highest BCUT2D eigenvalue weighted by Crippen LogP contribution is 2.31. The zero-order valence-electron chi connectivity index (χ0n) is 17.4. The van der Waals surface area contributed by atoms with E-state index >= 15 is 0 Å². The minimum absolute atomic E-state index is 0.358. The molecule has 0 aliphatic carbocycles. The summed E-state index contributed by atoms with van der Waals surface area (Å²) in [5.41, 5.74) is 6.74. The number of anilines is 1. The van der Waals surface area contributed by atoms with Gasteiger partial charge in [-0.3, -0.25) is 4.79 Å². The van der Waals surface area contributed by atoms with E-state index in [0.717, 1.165) is 31.7 Å². The van der Waals surface area contributed by atoms with Gasteiger partial charge in [0.25, 0.3) is 5.88 Å². The fourth-order valence-corrected chi connectivity index (χ4v) is 3.22. The van der Waals surface area contributed by atoms with Crippen molar-refractivity contribution in [2.45, 2.75) is 6.61 Å². The lowest BCUT2D eigenvalue weighted by Gasteiger charge is -2.32. The van der Waals surface area contributed by atoms with Gasteiger partial charge < -0.3 is 25.0 Å². The first-order valence-electron chi connectivity index (χ1n) is 10.1. The quantitative estimate of drug-likeness (QED) is 0.629. The van der Waals surface area contributed by atoms with Gasteiger partial charge in [0.2, 0.25) is 17.6 Å². The van der Waals surface area contributed by atoms with E-state index in [9.17, 15) is 4.79 Å². The number of benzene rings is 2. The predicted molar refractivity (Wildman–Crippen MR) is 118 cm³/mol. The molecule has 0 bridgehead atoms. The van der Waals surface area contributed by atoms with Crippen LogP contribution in [0, 0.1) is 0 Å². The highest BCUT2D eigenvalue weighted by molar-refractivity contribution is 5.92. The highest BCUT2D eigenvalue weighted by atomic mass is 16.5. The molecule has 0 spiro atoms. The molecule has 160 valence electrons. The Hall–Kier alpha value is -3.65. The average Bonchev–Trinajstić information content (AvgIpc) is 2.80. The normalized spacial score (nSPS) is 14.3. The van der Waals surface area contributed by atoms with E-state index in [4.69, 9.17) is 15.2 Å². The second-order valence-electron chi connectivity index (χ2n) is 7.39. The average molecular weight is 419 g/mol. The summed E-state index contributed by atoms with van der Waals surface area (Å²) in [7, 11) is 2.10. The fraction of sp³-hybridized carbons (Fsp3) is 0.261. The molecule has 4 rings (SSSR count). The van der Waals surface area contributed by atoms with Crippen molar-refractivity contribution < 1.29 is 14.3 Å². The lowest BCUT2D eigenvalue weighted by Crippen LogP contribution is -2.45. The second-order valence-corrected chi connectivity index (χ2v) is 7.39. The number of ether oxygens (including phenoxy) is 2. The van der Waals surface area contributed by atoms with Gasteiger partial charge in [-0.05, 0) is 36.9 Å². The summed E-state index contributed by atoms with van der Waals surface area (Å²) in [5, 5.41) is 0. The van der Waals surface area contributed by atoms with Crippen LogP contribution in [0.5, 0.6) is 17.4 Å². The number of nitrogens with two attached hydrogens (primary N) is 1. The molecular weight excluding hydrogens is 394 g/mol. The first kappa shape index (κ1) is 20.6. The summed E-state index contributed by atoms with van der Waals surface area (Å²) in [6, 6.07) is 16.5. The second kappa shape index (κ2) is 9.44. The Morgan fingerprint density at radius 3 is 2.42 bits per heavy atom. The minimum Gasteiger partial charge on any atom is -0.470 e. The Bertz CT molecular complexity index is 1020. The van der Waals surface area contributed by atoms with Crippen LogP contribution in [0.2, 0.25) is 0 Å². The van der Waals surface area contributed by atoms with Crippen LogP contribution in [0.3, 0.4) is 0 Å². The Labute approximate surface area is 181 Å². The number of aromatic nitrogens is 2. The van der Waals surface area contributed by atoms with Crippen LogP contribution in [0.4, 0.5) is 5.95 Å². The van der Waals surface area contributed by atoms with Crippen LogP contribution in [-0.4, -0.2) is 54.0 Å². The Kier molecular flexibility index (Phi) is 6.28. The van der Waals surface area contributed by atoms with Crippen molar-refractivity contribution in [3.8, 4) is 17.4 Å². The van der Waals surface area contributed by atoms with Gasteiger partial charge in [-0.15, -0.1) is 0 Å². The molecule has 0 atom stereocenters. The number of nitrogens with zero attached hydrogens (tertiary/aromatic N) is 4. The SMILES string of the molecule is CN1CCN(c2ncc(Oc3ccc(C(N)=O)cc3)c(OCc3ccccc3)n2)CC1. The molecular formula is C23H25N5O3. The van der Waals surface area contributed by atoms with Gasteiger partial charge in [-0.1, -0.05) is 30.3 Å². The monoisotopic (exact) mass is 419 g/mol. The van der Waals surface area contributed by atoms with Crippen molar-refractivity contribution in [2.24, 2.45) is 5.73 Å². The highest BCUT2D eigenvalue weighted by Gasteiger charge is 2.19. The van der Waals surface area contributed by atoms with Gasteiger partial charge in [0.1, 0.15) is 12.4 Å². The molecule has 1 aliphatic rings. The fourth-order valence-electron chi connectivity index (χ4n) is 3.22. The molecule has 3 aromatic rings. The van der Waals surface area contributed by atoms with E-state index in [1.54, 1.807) is 30.5 Å². The molecule has 1 aliphatic heterocycles. The van der Waals surface area contributed by atoms with Crippen molar-refractivity contribution in [3.05, 3.63) is 71.9 Å². The maximum atomic E-state index is 11.3. The standard InChI is InChI=1S/C23H25N5O3/c1-27-11-13-28(14-12-27)23-25-15-20(31-19-9-7-18(8-10-19)21(24)29)22(26-23)30-16-17-5-3-2-4-6-17/h2-10,15H,11-14,16H2,1H3,(H2,24,29). The van der Waals surface area contributed by atoms with Gasteiger partial charge >= 0.3 is 0 Å². The number of piperazine rings is 1. The first-order chi connectivity index (χ1) is 15.1. The molecule has 1 aromatic heterocycles. The number of likely N-dealkylation sites (N-methyl/N-ethyl adjacent to an activating group) is 1. The van der Waals surface area contributed by atoms with E-state index in [1.807, 2.05) is 30.3 Å². The van der Waals surface area contributed by atoms with E-state index in [1.165, 1.54) is 0 Å². The largest absolute Gasteiger partial charge is 0.470 e. The zero-order valence-corrected chi connectivity index (χ0v) is 17.4. The van der Waals surface area contributed by atoms with E-state index in [2.05, 4.69) is 26.8 Å². The van der Waals surface area contributed by atoms with Gasteiger partial charge in [-0.25, -0.2) is 4.98 Å². The Morgan fingerprint density at radius 2 is 1.74 bits per heavy atom. The maximum Gasteiger partial charge on any atom is 0.263 e. The summed E-state index contributed by atoms with van der Waals surface area (Å²) >= 11 is 0. The van der Waals surface area contributed by atoms with Crippen molar-refractivity contribution in [1.29, 1.82) is 0 Å². The third-order valence-electron chi connectivity index (χ3n) is 5.08. The lowest BCUT2D eigenvalue weighted by molar-refractivity contribution is 0.100. The Balaban J connectivity index is 1.57. The van der Waals surface area contributed by atoms with Crippen molar-refractivity contribution in [2.75, 3.05) is 38.1 Å². The number of hydrogen-bond donors (Lipinski definition) is 1. The molecule has 2 N–H and O–H groups in total. The van der Waals surface area contributed by atoms with Crippen molar-refractivity contribution in [1.82, 2.24) is 14.9 Å². The summed E-state index contributed by atoms with van der Waals surface area (Å²) in [4.78, 5) is 24.9. The van der Waals surface area contributed by atoms with Crippen molar-refractivity contribution >= 4 is 11.9 Å². The minimum atomic E-state index is -0.488.